The largest absolute Gasteiger partial charge is 0.276 e. The van der Waals surface area contributed by atoms with Crippen LogP contribution in [0.15, 0.2) is 20.8 Å². The number of benzene rings is 1. The fourth-order valence-electron chi connectivity index (χ4n) is 1.42. The van der Waals surface area contributed by atoms with E-state index in [0.717, 1.165) is 23.5 Å². The molecule has 0 bridgehead atoms. The summed E-state index contributed by atoms with van der Waals surface area (Å²) >= 11 is 15.4. The Labute approximate surface area is 137 Å². The molecule has 2 aromatic rings. The zero-order valence-electron chi connectivity index (χ0n) is 9.75. The zero-order valence-corrected chi connectivity index (χ0v) is 14.5. The van der Waals surface area contributed by atoms with E-state index in [9.17, 15) is 12.8 Å². The highest BCUT2D eigenvalue weighted by molar-refractivity contribution is 9.10. The molecule has 0 aliphatic rings. The Morgan fingerprint density at radius 3 is 2.55 bits per heavy atom. The quantitative estimate of drug-likeness (QED) is 0.798. The topological polar surface area (TPSA) is 59.1 Å². The third kappa shape index (κ3) is 3.25. The van der Waals surface area contributed by atoms with E-state index in [4.69, 9.17) is 23.2 Å². The molecule has 1 heterocycles. The summed E-state index contributed by atoms with van der Waals surface area (Å²) in [7, 11) is -3.90. The molecule has 0 spiro atoms. The van der Waals surface area contributed by atoms with Gasteiger partial charge < -0.3 is 0 Å². The van der Waals surface area contributed by atoms with Gasteiger partial charge in [0, 0.05) is 4.47 Å². The lowest BCUT2D eigenvalue weighted by atomic mass is 10.3. The average molecular weight is 420 g/mol. The number of anilines is 1. The minimum Gasteiger partial charge on any atom is -0.276 e. The molecule has 10 heteroatoms. The highest BCUT2D eigenvalue weighted by Crippen LogP contribution is 2.35. The van der Waals surface area contributed by atoms with E-state index in [-0.39, 0.29) is 29.6 Å². The lowest BCUT2D eigenvalue weighted by molar-refractivity contribution is 0.602. The first-order valence-corrected chi connectivity index (χ1v) is 8.86. The van der Waals surface area contributed by atoms with E-state index in [2.05, 4.69) is 25.6 Å². The van der Waals surface area contributed by atoms with Gasteiger partial charge in [-0.1, -0.05) is 34.5 Å². The molecule has 0 radical (unpaired) electrons. The summed E-state index contributed by atoms with van der Waals surface area (Å²) in [5.41, 5.74) is 0.332. The van der Waals surface area contributed by atoms with Crippen molar-refractivity contribution in [2.24, 2.45) is 0 Å². The molecule has 0 amide bonds. The van der Waals surface area contributed by atoms with E-state index in [1.807, 2.05) is 0 Å². The molecule has 0 atom stereocenters. The number of nitrogens with zero attached hydrogens (tertiary/aromatic N) is 1. The number of thiazole rings is 1. The van der Waals surface area contributed by atoms with E-state index in [1.54, 1.807) is 0 Å². The van der Waals surface area contributed by atoms with Crippen LogP contribution in [0.2, 0.25) is 9.49 Å². The third-order valence-corrected chi connectivity index (χ3v) is 6.36. The Hall–Kier alpha value is -0.410. The number of aryl methyl sites for hydroxylation is 1. The second kappa shape index (κ2) is 5.76. The predicted molar refractivity (Wildman–Crippen MR) is 81.8 cm³/mol. The second-order valence-electron chi connectivity index (χ2n) is 3.69. The van der Waals surface area contributed by atoms with Crippen molar-refractivity contribution in [2.75, 3.05) is 4.72 Å². The predicted octanol–water partition coefficient (Wildman–Crippen LogP) is 4.46. The normalized spacial score (nSPS) is 11.7. The number of hydrogen-bond acceptors (Lipinski definition) is 4. The zero-order chi connectivity index (χ0) is 15.1. The van der Waals surface area contributed by atoms with Crippen molar-refractivity contribution in [3.63, 3.8) is 0 Å². The van der Waals surface area contributed by atoms with Gasteiger partial charge in [-0.25, -0.2) is 17.8 Å². The number of nitrogens with one attached hydrogen (secondary N) is 1. The molecule has 0 aliphatic heterocycles. The number of hydrogen-bond donors (Lipinski definition) is 1. The van der Waals surface area contributed by atoms with Gasteiger partial charge in [-0.05, 0) is 35.0 Å². The van der Waals surface area contributed by atoms with Crippen molar-refractivity contribution in [1.82, 2.24) is 4.98 Å². The van der Waals surface area contributed by atoms with Gasteiger partial charge in [0.1, 0.15) is 5.82 Å². The maximum Gasteiger partial charge on any atom is 0.273 e. The van der Waals surface area contributed by atoms with Crippen LogP contribution in [-0.4, -0.2) is 13.4 Å². The van der Waals surface area contributed by atoms with Crippen molar-refractivity contribution < 1.29 is 12.8 Å². The van der Waals surface area contributed by atoms with Gasteiger partial charge in [-0.3, -0.25) is 4.72 Å². The van der Waals surface area contributed by atoms with E-state index in [1.165, 1.54) is 6.92 Å². The van der Waals surface area contributed by atoms with Crippen LogP contribution in [-0.2, 0) is 10.0 Å². The Morgan fingerprint density at radius 1 is 1.40 bits per heavy atom. The molecule has 1 N–H and O–H groups in total. The molecule has 0 unspecified atom stereocenters. The Morgan fingerprint density at radius 2 is 2.05 bits per heavy atom. The van der Waals surface area contributed by atoms with Crippen LogP contribution in [0.4, 0.5) is 10.1 Å². The summed E-state index contributed by atoms with van der Waals surface area (Å²) in [5.74, 6) is -0.582. The van der Waals surface area contributed by atoms with Gasteiger partial charge in [0.2, 0.25) is 0 Å². The van der Waals surface area contributed by atoms with Crippen LogP contribution < -0.4 is 4.72 Å². The molecule has 2 rings (SSSR count). The van der Waals surface area contributed by atoms with Crippen molar-refractivity contribution >= 4 is 66.2 Å². The number of rotatable bonds is 3. The monoisotopic (exact) mass is 418 g/mol. The number of halogens is 4. The molecule has 0 fully saturated rings. The first kappa shape index (κ1) is 16.0. The summed E-state index contributed by atoms with van der Waals surface area (Å²) in [5, 5.41) is -0.0614. The molecule has 0 saturated heterocycles. The van der Waals surface area contributed by atoms with Crippen LogP contribution in [0.3, 0.4) is 0 Å². The molecule has 1 aromatic heterocycles. The summed E-state index contributed by atoms with van der Waals surface area (Å²) in [6.45, 7) is 1.53. The lowest BCUT2D eigenvalue weighted by Crippen LogP contribution is -2.13. The SMILES string of the molecule is Cc1nc(Cl)sc1S(=O)(=O)Nc1c(Cl)cc(F)cc1Br. The maximum atomic E-state index is 13.1. The average Bonchev–Trinajstić information content (AvgIpc) is 2.64. The summed E-state index contributed by atoms with van der Waals surface area (Å²) in [6, 6.07) is 2.12. The second-order valence-corrected chi connectivity index (χ2v) is 8.41. The van der Waals surface area contributed by atoms with Gasteiger partial charge in [-0.15, -0.1) is 0 Å². The maximum absolute atomic E-state index is 13.1. The van der Waals surface area contributed by atoms with Crippen molar-refractivity contribution in [3.8, 4) is 0 Å². The first-order chi connectivity index (χ1) is 9.20. The fraction of sp³-hybridized carbons (Fsp3) is 0.100. The van der Waals surface area contributed by atoms with Crippen LogP contribution >= 0.6 is 50.5 Å². The van der Waals surface area contributed by atoms with E-state index < -0.39 is 15.8 Å². The minimum absolute atomic E-state index is 0.0187. The molecule has 108 valence electrons. The summed E-state index contributed by atoms with van der Waals surface area (Å²) < 4.78 is 40.2. The van der Waals surface area contributed by atoms with Gasteiger partial charge in [0.15, 0.2) is 8.68 Å². The summed E-state index contributed by atoms with van der Waals surface area (Å²) in [4.78, 5) is 3.84. The Bertz CT molecular complexity index is 757. The molecule has 0 saturated carbocycles. The van der Waals surface area contributed by atoms with Crippen LogP contribution in [0.5, 0.6) is 0 Å². The van der Waals surface area contributed by atoms with Crippen molar-refractivity contribution in [2.45, 2.75) is 11.1 Å². The molecule has 1 aromatic carbocycles. The highest BCUT2D eigenvalue weighted by Gasteiger charge is 2.23. The fourth-order valence-corrected chi connectivity index (χ4v) is 5.35. The van der Waals surface area contributed by atoms with Gasteiger partial charge in [0.25, 0.3) is 10.0 Å². The minimum atomic E-state index is -3.90. The van der Waals surface area contributed by atoms with Crippen LogP contribution in [0, 0.1) is 12.7 Å². The van der Waals surface area contributed by atoms with Crippen LogP contribution in [0.25, 0.3) is 0 Å². The van der Waals surface area contributed by atoms with Gasteiger partial charge in [-0.2, -0.15) is 0 Å². The standard InChI is InChI=1S/C10H6BrCl2FN2O2S2/c1-4-9(19-10(13)15-4)20(17,18)16-8-6(11)2-5(14)3-7(8)12/h2-3,16H,1H3. The first-order valence-electron chi connectivity index (χ1n) is 5.01. The Kier molecular flexibility index (Phi) is 4.60. The third-order valence-electron chi connectivity index (χ3n) is 2.22. The van der Waals surface area contributed by atoms with Crippen molar-refractivity contribution in [3.05, 3.63) is 37.6 Å². The molecule has 0 aliphatic carbocycles. The Balaban J connectivity index is 2.46. The van der Waals surface area contributed by atoms with Crippen molar-refractivity contribution in [1.29, 1.82) is 0 Å². The highest BCUT2D eigenvalue weighted by atomic mass is 79.9. The number of sulfonamides is 1. The molecular formula is C10H6BrCl2FN2O2S2. The summed E-state index contributed by atoms with van der Waals surface area (Å²) in [6.07, 6.45) is 0. The lowest BCUT2D eigenvalue weighted by Gasteiger charge is -2.10. The molecule has 20 heavy (non-hydrogen) atoms. The van der Waals surface area contributed by atoms with E-state index in [0.29, 0.717) is 0 Å². The molecule has 4 nitrogen and oxygen atoms in total. The van der Waals surface area contributed by atoms with E-state index >= 15 is 0 Å². The molecular weight excluding hydrogens is 414 g/mol. The van der Waals surface area contributed by atoms with Gasteiger partial charge in [0.05, 0.1) is 16.4 Å². The van der Waals surface area contributed by atoms with Gasteiger partial charge >= 0.3 is 0 Å². The van der Waals surface area contributed by atoms with Crippen LogP contribution in [0.1, 0.15) is 5.69 Å². The smallest absolute Gasteiger partial charge is 0.273 e. The number of aromatic nitrogens is 1.